The van der Waals surface area contributed by atoms with Crippen LogP contribution in [0.25, 0.3) is 86.1 Å². The molecule has 3 nitrogen and oxygen atoms in total. The van der Waals surface area contributed by atoms with Gasteiger partial charge in [0.15, 0.2) is 0 Å². The zero-order valence-corrected chi connectivity index (χ0v) is 25.9. The minimum absolute atomic E-state index is 0.162. The molecule has 45 heavy (non-hydrogen) atoms. The second-order valence-electron chi connectivity index (χ2n) is 11.2. The van der Waals surface area contributed by atoms with Gasteiger partial charge in [-0.2, -0.15) is 0 Å². The van der Waals surface area contributed by atoms with Crippen LogP contribution in [-0.2, 0) is 0 Å². The van der Waals surface area contributed by atoms with Crippen molar-refractivity contribution < 1.29 is 0 Å². The summed E-state index contributed by atoms with van der Waals surface area (Å²) in [6, 6.07) is 53.5. The Morgan fingerprint density at radius 1 is 0.356 bits per heavy atom. The molecule has 0 N–H and O–H groups in total. The number of benzene rings is 7. The van der Waals surface area contributed by atoms with E-state index >= 15 is 0 Å². The van der Waals surface area contributed by atoms with Crippen LogP contribution in [0.2, 0.25) is 0 Å². The van der Waals surface area contributed by atoms with Crippen molar-refractivity contribution >= 4 is 55.3 Å². The van der Waals surface area contributed by atoms with E-state index in [1.165, 1.54) is 46.6 Å². The van der Waals surface area contributed by atoms with Crippen LogP contribution in [0.1, 0.15) is 0 Å². The molecule has 9 rings (SSSR count). The predicted octanol–water partition coefficient (Wildman–Crippen LogP) is 10.2. The first kappa shape index (κ1) is 26.0. The van der Waals surface area contributed by atoms with Gasteiger partial charge in [0.2, 0.25) is 0 Å². The molecule has 2 heterocycles. The molecule has 0 spiro atoms. The van der Waals surface area contributed by atoms with Crippen molar-refractivity contribution in [2.75, 3.05) is 0 Å². The van der Waals surface area contributed by atoms with Crippen LogP contribution in [0.4, 0.5) is 0 Å². The van der Waals surface area contributed by atoms with Crippen LogP contribution in [0.5, 0.6) is 0 Å². The zero-order valence-electron chi connectivity index (χ0n) is 24.2. The average Bonchev–Trinajstić information content (AvgIpc) is 3.51. The molecule has 0 atom stereocenters. The molecule has 210 valence electrons. The van der Waals surface area contributed by atoms with Crippen LogP contribution < -0.4 is 0 Å². The average molecular weight is 639 g/mol. The van der Waals surface area contributed by atoms with Gasteiger partial charge in [0.05, 0.1) is 0 Å². The number of aromatic nitrogens is 3. The Balaban J connectivity index is 1.33. The molecule has 0 aliphatic heterocycles. The van der Waals surface area contributed by atoms with Crippen LogP contribution in [0.15, 0.2) is 152 Å². The molecule has 0 saturated carbocycles. The summed E-state index contributed by atoms with van der Waals surface area (Å²) in [4.78, 5) is 15.1. The summed E-state index contributed by atoms with van der Waals surface area (Å²) in [7, 11) is 0. The topological polar surface area (TPSA) is 38.7 Å². The van der Waals surface area contributed by atoms with E-state index in [4.69, 9.17) is 15.0 Å². The molecule has 0 amide bonds. The first-order valence-corrected chi connectivity index (χ1v) is 16.8. The molecule has 0 fully saturated rings. The molecule has 0 unspecified atom stereocenters. The Labute approximate surface area is 266 Å². The van der Waals surface area contributed by atoms with E-state index < -0.39 is 0 Å². The van der Waals surface area contributed by atoms with Crippen molar-refractivity contribution in [2.45, 2.75) is 0 Å². The molecule has 0 aliphatic rings. The fourth-order valence-electron chi connectivity index (χ4n) is 6.40. The number of hydrogen-bond donors (Lipinski definition) is 0. The third-order valence-electron chi connectivity index (χ3n) is 8.51. The van der Waals surface area contributed by atoms with Gasteiger partial charge < -0.3 is 0 Å². The van der Waals surface area contributed by atoms with Gasteiger partial charge in [0.1, 0.15) is 0 Å². The summed E-state index contributed by atoms with van der Waals surface area (Å²) in [6.07, 6.45) is 0. The van der Waals surface area contributed by atoms with Crippen molar-refractivity contribution in [3.8, 4) is 45.3 Å². The van der Waals surface area contributed by atoms with Gasteiger partial charge >= 0.3 is 267 Å². The van der Waals surface area contributed by atoms with Gasteiger partial charge in [-0.25, -0.2) is 0 Å². The van der Waals surface area contributed by atoms with Crippen LogP contribution in [-0.4, -0.2) is 29.5 Å². The molecule has 0 radical (unpaired) electrons. The van der Waals surface area contributed by atoms with E-state index in [2.05, 4.69) is 115 Å². The van der Waals surface area contributed by atoms with Gasteiger partial charge in [-0.15, -0.1) is 0 Å². The monoisotopic (exact) mass is 639 g/mol. The number of hydrogen-bond acceptors (Lipinski definition) is 3. The third-order valence-corrected chi connectivity index (χ3v) is 11.2. The van der Waals surface area contributed by atoms with Crippen molar-refractivity contribution in [3.63, 3.8) is 0 Å². The second kappa shape index (κ2) is 10.6. The number of nitrogens with zero attached hydrogens (tertiary/aromatic N) is 3. The van der Waals surface area contributed by atoms with Gasteiger partial charge in [-0.1, -0.05) is 0 Å². The molecule has 0 bridgehead atoms. The van der Waals surface area contributed by atoms with Gasteiger partial charge in [-0.05, 0) is 0 Å². The maximum absolute atomic E-state index is 5.09. The van der Waals surface area contributed by atoms with E-state index in [9.17, 15) is 0 Å². The first-order valence-electron chi connectivity index (χ1n) is 15.0. The normalized spacial score (nSPS) is 11.6. The summed E-state index contributed by atoms with van der Waals surface area (Å²) < 4.78 is 2.91. The van der Waals surface area contributed by atoms with E-state index in [1.54, 1.807) is 0 Å². The fourth-order valence-corrected chi connectivity index (χ4v) is 9.35. The van der Waals surface area contributed by atoms with Crippen molar-refractivity contribution in [1.29, 1.82) is 0 Å². The number of rotatable bonds is 4. The van der Waals surface area contributed by atoms with Crippen LogP contribution in [0, 0.1) is 0 Å². The molecule has 2 aromatic heterocycles. The molecule has 9 aromatic rings. The van der Waals surface area contributed by atoms with E-state index in [0.29, 0.717) is 17.5 Å². The van der Waals surface area contributed by atoms with Gasteiger partial charge in [0, 0.05) is 0 Å². The van der Waals surface area contributed by atoms with E-state index in [1.807, 2.05) is 36.4 Å². The van der Waals surface area contributed by atoms with Crippen molar-refractivity contribution in [2.24, 2.45) is 0 Å². The maximum atomic E-state index is 5.09. The Kier molecular flexibility index (Phi) is 6.15. The Bertz CT molecular complexity index is 2460. The Hall–Kier alpha value is -5.41. The van der Waals surface area contributed by atoms with Gasteiger partial charge in [-0.3, -0.25) is 0 Å². The molecule has 0 saturated heterocycles. The molecule has 4 heteroatoms. The van der Waals surface area contributed by atoms with Crippen molar-refractivity contribution in [3.05, 3.63) is 152 Å². The molecular weight excluding hydrogens is 613 g/mol. The zero-order chi connectivity index (χ0) is 29.7. The quantitative estimate of drug-likeness (QED) is 0.142. The summed E-state index contributed by atoms with van der Waals surface area (Å²) in [5, 5.41) is 7.65. The second-order valence-corrected chi connectivity index (χ2v) is 13.3. The van der Waals surface area contributed by atoms with Crippen molar-refractivity contribution in [1.82, 2.24) is 15.0 Å². The van der Waals surface area contributed by atoms with E-state index in [-0.39, 0.29) is 14.5 Å². The molecular formula is C41H25N3Se. The summed E-state index contributed by atoms with van der Waals surface area (Å²) in [5.41, 5.74) is 5.57. The first-order chi connectivity index (χ1) is 22.3. The standard InChI is InChI=1S/C41H25N3Se/c1-4-13-26(14-5-1)30-21-12-22-33-34-24-23-29-25-35(31-19-10-11-20-32(31)36(29)38(34)45-37(30)33)41-43-39(27-15-6-2-7-16-27)42-40(44-41)28-17-8-3-9-18-28/h1-25H. The summed E-state index contributed by atoms with van der Waals surface area (Å²) in [5.74, 6) is 2.02. The van der Waals surface area contributed by atoms with E-state index in [0.717, 1.165) is 22.1 Å². The molecule has 7 aromatic carbocycles. The molecule has 0 aliphatic carbocycles. The van der Waals surface area contributed by atoms with Gasteiger partial charge in [0.25, 0.3) is 0 Å². The van der Waals surface area contributed by atoms with Crippen LogP contribution >= 0.6 is 0 Å². The fraction of sp³-hybridized carbons (Fsp3) is 0. The number of fused-ring (bicyclic) bond motifs is 7. The summed E-state index contributed by atoms with van der Waals surface area (Å²) >= 11 is 0.162. The minimum atomic E-state index is 0.162. The SMILES string of the molecule is c1ccc(-c2nc(-c3ccccc3)nc(-c3cc4ccc5c6cccc(-c7ccccc7)c6[se]c5c4c4ccccc34)n2)cc1. The Morgan fingerprint density at radius 2 is 0.889 bits per heavy atom. The van der Waals surface area contributed by atoms with Crippen LogP contribution in [0.3, 0.4) is 0 Å². The predicted molar refractivity (Wildman–Crippen MR) is 189 cm³/mol. The summed E-state index contributed by atoms with van der Waals surface area (Å²) in [6.45, 7) is 0. The Morgan fingerprint density at radius 3 is 1.56 bits per heavy atom. The third kappa shape index (κ3) is 4.38.